The highest BCUT2D eigenvalue weighted by molar-refractivity contribution is 7.99. The van der Waals surface area contributed by atoms with Gasteiger partial charge in [0.05, 0.1) is 21.3 Å². The third-order valence-corrected chi connectivity index (χ3v) is 5.71. The zero-order valence-corrected chi connectivity index (χ0v) is 16.3. The van der Waals surface area contributed by atoms with E-state index in [1.165, 1.54) is 11.8 Å². The van der Waals surface area contributed by atoms with Crippen LogP contribution in [-0.4, -0.2) is 26.4 Å². The van der Waals surface area contributed by atoms with Gasteiger partial charge in [0, 0.05) is 11.6 Å². The molecule has 3 rings (SSSR count). The minimum Gasteiger partial charge on any atom is -0.324 e. The molecule has 0 spiro atoms. The highest BCUT2D eigenvalue weighted by Gasteiger charge is 2.15. The summed E-state index contributed by atoms with van der Waals surface area (Å²) in [5.74, 6) is 0.835. The van der Waals surface area contributed by atoms with E-state index in [0.29, 0.717) is 20.9 Å². The predicted octanol–water partition coefficient (Wildman–Crippen LogP) is 5.06. The summed E-state index contributed by atoms with van der Waals surface area (Å²) in [5, 5.41) is 14.9. The van der Waals surface area contributed by atoms with Crippen LogP contribution in [0.5, 0.6) is 0 Å². The van der Waals surface area contributed by atoms with E-state index in [1.807, 2.05) is 29.0 Å². The maximum Gasteiger partial charge on any atom is 0.234 e. The number of benzene rings is 1. The molecule has 0 atom stereocenters. The summed E-state index contributed by atoms with van der Waals surface area (Å²) in [6, 6.07) is 8.92. The van der Waals surface area contributed by atoms with E-state index in [0.717, 1.165) is 17.2 Å². The van der Waals surface area contributed by atoms with Gasteiger partial charge in [-0.15, -0.1) is 21.5 Å². The summed E-state index contributed by atoms with van der Waals surface area (Å²) >= 11 is 14.9. The predicted molar refractivity (Wildman–Crippen MR) is 105 cm³/mol. The summed E-state index contributed by atoms with van der Waals surface area (Å²) in [5.41, 5.74) is 0.496. The first-order valence-electron chi connectivity index (χ1n) is 7.43. The minimum absolute atomic E-state index is 0.183. The van der Waals surface area contributed by atoms with E-state index in [-0.39, 0.29) is 11.7 Å². The Morgan fingerprint density at radius 2 is 2.16 bits per heavy atom. The van der Waals surface area contributed by atoms with Crippen LogP contribution in [-0.2, 0) is 11.3 Å². The van der Waals surface area contributed by atoms with Crippen molar-refractivity contribution in [1.29, 1.82) is 0 Å². The first-order valence-corrected chi connectivity index (χ1v) is 10.1. The zero-order valence-electron chi connectivity index (χ0n) is 13.2. The molecule has 0 fully saturated rings. The number of aromatic nitrogens is 3. The van der Waals surface area contributed by atoms with Crippen LogP contribution in [0.2, 0.25) is 10.0 Å². The van der Waals surface area contributed by atoms with E-state index in [1.54, 1.807) is 29.5 Å². The molecule has 0 saturated heterocycles. The van der Waals surface area contributed by atoms with Gasteiger partial charge in [-0.05, 0) is 36.6 Å². The second-order valence-electron chi connectivity index (χ2n) is 4.99. The van der Waals surface area contributed by atoms with Crippen molar-refractivity contribution in [3.8, 4) is 10.7 Å². The second kappa shape index (κ2) is 8.23. The molecule has 0 aliphatic rings. The molecule has 130 valence electrons. The van der Waals surface area contributed by atoms with Crippen LogP contribution in [0.4, 0.5) is 5.69 Å². The molecule has 3 aromatic rings. The molecule has 1 amide bonds. The Morgan fingerprint density at radius 3 is 2.88 bits per heavy atom. The standard InChI is InChI=1S/C16H14Cl2N4OS2/c1-2-22-15(13-4-3-7-24-13)20-21-16(22)25-9-14(23)19-12-8-10(17)5-6-11(12)18/h3-8H,2,9H2,1H3,(H,19,23). The molecule has 1 N–H and O–H groups in total. The third kappa shape index (κ3) is 4.36. The molecular formula is C16H14Cl2N4OS2. The van der Waals surface area contributed by atoms with Crippen molar-refractivity contribution in [3.05, 3.63) is 45.8 Å². The van der Waals surface area contributed by atoms with Crippen molar-refractivity contribution in [3.63, 3.8) is 0 Å². The molecular weight excluding hydrogens is 399 g/mol. The fourth-order valence-electron chi connectivity index (χ4n) is 2.18. The lowest BCUT2D eigenvalue weighted by atomic mass is 10.3. The van der Waals surface area contributed by atoms with Crippen LogP contribution >= 0.6 is 46.3 Å². The number of anilines is 1. The maximum atomic E-state index is 12.2. The second-order valence-corrected chi connectivity index (χ2v) is 7.72. The van der Waals surface area contributed by atoms with Crippen molar-refractivity contribution in [1.82, 2.24) is 14.8 Å². The van der Waals surface area contributed by atoms with Gasteiger partial charge in [-0.3, -0.25) is 4.79 Å². The number of thioether (sulfide) groups is 1. The van der Waals surface area contributed by atoms with Crippen LogP contribution in [0.25, 0.3) is 10.7 Å². The molecule has 5 nitrogen and oxygen atoms in total. The molecule has 9 heteroatoms. The van der Waals surface area contributed by atoms with Crippen LogP contribution in [0.15, 0.2) is 40.9 Å². The average Bonchev–Trinajstić information content (AvgIpc) is 3.24. The van der Waals surface area contributed by atoms with Gasteiger partial charge >= 0.3 is 0 Å². The molecule has 2 heterocycles. The summed E-state index contributed by atoms with van der Waals surface area (Å²) in [4.78, 5) is 13.2. The number of hydrogen-bond donors (Lipinski definition) is 1. The summed E-state index contributed by atoms with van der Waals surface area (Å²) in [6.45, 7) is 2.75. The Bertz CT molecular complexity index is 880. The van der Waals surface area contributed by atoms with E-state index >= 15 is 0 Å². The number of hydrogen-bond acceptors (Lipinski definition) is 5. The van der Waals surface area contributed by atoms with Gasteiger partial charge in [0.25, 0.3) is 0 Å². The summed E-state index contributed by atoms with van der Waals surface area (Å²) in [7, 11) is 0. The Hall–Kier alpha value is -1.54. The van der Waals surface area contributed by atoms with Crippen LogP contribution in [0.3, 0.4) is 0 Å². The molecule has 1 aromatic carbocycles. The zero-order chi connectivity index (χ0) is 17.8. The fourth-order valence-corrected chi connectivity index (χ4v) is 4.03. The Kier molecular flexibility index (Phi) is 6.01. The van der Waals surface area contributed by atoms with Gasteiger partial charge in [-0.2, -0.15) is 0 Å². The molecule has 0 unspecified atom stereocenters. The van der Waals surface area contributed by atoms with E-state index in [4.69, 9.17) is 23.2 Å². The number of carbonyl (C=O) groups excluding carboxylic acids is 1. The largest absolute Gasteiger partial charge is 0.324 e. The Balaban J connectivity index is 1.67. The number of nitrogens with one attached hydrogen (secondary N) is 1. The molecule has 2 aromatic heterocycles. The highest BCUT2D eigenvalue weighted by atomic mass is 35.5. The Labute approximate surface area is 163 Å². The SMILES string of the molecule is CCn1c(SCC(=O)Nc2cc(Cl)ccc2Cl)nnc1-c1cccs1. The average molecular weight is 413 g/mol. The lowest BCUT2D eigenvalue weighted by molar-refractivity contribution is -0.113. The normalized spacial score (nSPS) is 10.8. The number of amides is 1. The smallest absolute Gasteiger partial charge is 0.234 e. The number of rotatable bonds is 6. The number of carbonyl (C=O) groups is 1. The quantitative estimate of drug-likeness (QED) is 0.574. The first-order chi connectivity index (χ1) is 12.1. The topological polar surface area (TPSA) is 59.8 Å². The molecule has 0 bridgehead atoms. The molecule has 0 aliphatic carbocycles. The molecule has 0 aliphatic heterocycles. The maximum absolute atomic E-state index is 12.2. The van der Waals surface area contributed by atoms with Crippen LogP contribution in [0.1, 0.15) is 6.92 Å². The first kappa shape index (κ1) is 18.3. The third-order valence-electron chi connectivity index (χ3n) is 3.31. The highest BCUT2D eigenvalue weighted by Crippen LogP contribution is 2.28. The van der Waals surface area contributed by atoms with Gasteiger partial charge in [-0.25, -0.2) is 0 Å². The molecule has 0 radical (unpaired) electrons. The number of halogens is 2. The number of nitrogens with zero attached hydrogens (tertiary/aromatic N) is 3. The lowest BCUT2D eigenvalue weighted by Crippen LogP contribution is -2.15. The minimum atomic E-state index is -0.183. The molecule has 25 heavy (non-hydrogen) atoms. The van der Waals surface area contributed by atoms with E-state index in [9.17, 15) is 4.79 Å². The van der Waals surface area contributed by atoms with Crippen LogP contribution < -0.4 is 5.32 Å². The van der Waals surface area contributed by atoms with Gasteiger partial charge in [0.1, 0.15) is 0 Å². The van der Waals surface area contributed by atoms with Crippen LogP contribution in [0, 0.1) is 0 Å². The van der Waals surface area contributed by atoms with Gasteiger partial charge in [0.15, 0.2) is 11.0 Å². The Morgan fingerprint density at radius 1 is 1.32 bits per heavy atom. The van der Waals surface area contributed by atoms with E-state index in [2.05, 4.69) is 15.5 Å². The van der Waals surface area contributed by atoms with Gasteiger partial charge < -0.3 is 9.88 Å². The van der Waals surface area contributed by atoms with Crippen molar-refractivity contribution >= 4 is 57.9 Å². The van der Waals surface area contributed by atoms with E-state index < -0.39 is 0 Å². The van der Waals surface area contributed by atoms with Crippen molar-refractivity contribution in [2.45, 2.75) is 18.6 Å². The van der Waals surface area contributed by atoms with Crippen molar-refractivity contribution in [2.75, 3.05) is 11.1 Å². The molecule has 0 saturated carbocycles. The number of thiophene rings is 1. The lowest BCUT2D eigenvalue weighted by Gasteiger charge is -2.08. The summed E-state index contributed by atoms with van der Waals surface area (Å²) in [6.07, 6.45) is 0. The van der Waals surface area contributed by atoms with Gasteiger partial charge in [-0.1, -0.05) is 41.0 Å². The van der Waals surface area contributed by atoms with Gasteiger partial charge in [0.2, 0.25) is 5.91 Å². The van der Waals surface area contributed by atoms with Crippen molar-refractivity contribution < 1.29 is 4.79 Å². The summed E-state index contributed by atoms with van der Waals surface area (Å²) < 4.78 is 2.00. The fraction of sp³-hybridized carbons (Fsp3) is 0.188. The monoisotopic (exact) mass is 412 g/mol. The van der Waals surface area contributed by atoms with Crippen molar-refractivity contribution in [2.24, 2.45) is 0 Å².